The molecule has 2 atom stereocenters. The SMILES string of the molecule is CC(C(=O)Nc1cccc2c(=O)n([C@H](C)C(N)=O)ccc12)c1ccc(Cl)cc1. The number of fused-ring (bicyclic) bond motifs is 1. The molecule has 28 heavy (non-hydrogen) atoms. The highest BCUT2D eigenvalue weighted by atomic mass is 35.5. The maximum atomic E-state index is 12.7. The Labute approximate surface area is 166 Å². The summed E-state index contributed by atoms with van der Waals surface area (Å²) in [7, 11) is 0. The molecule has 1 heterocycles. The molecule has 144 valence electrons. The zero-order chi connectivity index (χ0) is 20.4. The van der Waals surface area contributed by atoms with Gasteiger partial charge in [-0.05, 0) is 49.7 Å². The summed E-state index contributed by atoms with van der Waals surface area (Å²) >= 11 is 5.90. The zero-order valence-corrected chi connectivity index (χ0v) is 16.2. The highest BCUT2D eigenvalue weighted by Gasteiger charge is 2.18. The number of halogens is 1. The number of anilines is 1. The van der Waals surface area contributed by atoms with E-state index >= 15 is 0 Å². The normalized spacial score (nSPS) is 13.1. The van der Waals surface area contributed by atoms with Gasteiger partial charge in [-0.3, -0.25) is 14.4 Å². The van der Waals surface area contributed by atoms with Crippen molar-refractivity contribution in [3.05, 3.63) is 75.7 Å². The number of carbonyl (C=O) groups excluding carboxylic acids is 2. The number of amides is 2. The summed E-state index contributed by atoms with van der Waals surface area (Å²) in [5, 5.41) is 4.48. The Morgan fingerprint density at radius 1 is 1.04 bits per heavy atom. The topological polar surface area (TPSA) is 94.2 Å². The minimum atomic E-state index is -0.764. The first-order valence-corrected chi connectivity index (χ1v) is 9.17. The van der Waals surface area contributed by atoms with Crippen LogP contribution in [0, 0.1) is 0 Å². The molecule has 0 saturated carbocycles. The zero-order valence-electron chi connectivity index (χ0n) is 15.5. The van der Waals surface area contributed by atoms with Gasteiger partial charge < -0.3 is 15.6 Å². The lowest BCUT2D eigenvalue weighted by atomic mass is 10.00. The number of primary amides is 1. The van der Waals surface area contributed by atoms with Gasteiger partial charge >= 0.3 is 0 Å². The molecule has 0 radical (unpaired) electrons. The maximum absolute atomic E-state index is 12.7. The van der Waals surface area contributed by atoms with Crippen molar-refractivity contribution in [2.75, 3.05) is 5.32 Å². The van der Waals surface area contributed by atoms with Gasteiger partial charge in [-0.1, -0.05) is 29.8 Å². The lowest BCUT2D eigenvalue weighted by Gasteiger charge is -2.16. The molecule has 7 heteroatoms. The summed E-state index contributed by atoms with van der Waals surface area (Å²) in [6.45, 7) is 3.36. The fourth-order valence-corrected chi connectivity index (χ4v) is 3.11. The Morgan fingerprint density at radius 2 is 1.71 bits per heavy atom. The maximum Gasteiger partial charge on any atom is 0.259 e. The number of aromatic nitrogens is 1. The third-order valence-corrected chi connectivity index (χ3v) is 5.07. The second-order valence-corrected chi connectivity index (χ2v) is 7.07. The van der Waals surface area contributed by atoms with Crippen molar-refractivity contribution in [3.63, 3.8) is 0 Å². The number of nitrogens with two attached hydrogens (primary N) is 1. The van der Waals surface area contributed by atoms with Gasteiger partial charge in [-0.15, -0.1) is 0 Å². The predicted octanol–water partition coefficient (Wildman–Crippen LogP) is 3.44. The molecular weight excluding hydrogens is 378 g/mol. The van der Waals surface area contributed by atoms with Crippen LogP contribution in [0.5, 0.6) is 0 Å². The first-order chi connectivity index (χ1) is 13.3. The molecule has 3 N–H and O–H groups in total. The predicted molar refractivity (Wildman–Crippen MR) is 111 cm³/mol. The molecule has 0 aliphatic carbocycles. The van der Waals surface area contributed by atoms with Gasteiger partial charge in [0.05, 0.1) is 5.92 Å². The molecule has 1 unspecified atom stereocenters. The highest BCUT2D eigenvalue weighted by molar-refractivity contribution is 6.30. The van der Waals surface area contributed by atoms with E-state index in [0.29, 0.717) is 21.5 Å². The smallest absolute Gasteiger partial charge is 0.259 e. The van der Waals surface area contributed by atoms with E-state index < -0.39 is 17.9 Å². The molecule has 3 rings (SSSR count). The Bertz CT molecular complexity index is 1110. The molecule has 2 aromatic carbocycles. The number of hydrogen-bond donors (Lipinski definition) is 2. The number of rotatable bonds is 5. The monoisotopic (exact) mass is 397 g/mol. The number of benzene rings is 2. The lowest BCUT2D eigenvalue weighted by Crippen LogP contribution is -2.31. The van der Waals surface area contributed by atoms with Gasteiger partial charge in [0.25, 0.3) is 5.56 Å². The molecule has 0 saturated heterocycles. The van der Waals surface area contributed by atoms with Crippen LogP contribution in [-0.2, 0) is 9.59 Å². The summed E-state index contributed by atoms with van der Waals surface area (Å²) in [4.78, 5) is 36.9. The van der Waals surface area contributed by atoms with E-state index in [1.54, 1.807) is 62.4 Å². The average Bonchev–Trinajstić information content (AvgIpc) is 2.68. The van der Waals surface area contributed by atoms with Gasteiger partial charge in [-0.25, -0.2) is 0 Å². The van der Waals surface area contributed by atoms with Crippen molar-refractivity contribution >= 4 is 39.9 Å². The molecule has 2 amide bonds. The Balaban J connectivity index is 1.94. The molecule has 0 aliphatic heterocycles. The molecular formula is C21H20ClN3O3. The van der Waals surface area contributed by atoms with Gasteiger partial charge in [0, 0.05) is 27.7 Å². The fourth-order valence-electron chi connectivity index (χ4n) is 2.99. The summed E-state index contributed by atoms with van der Waals surface area (Å²) < 4.78 is 1.28. The van der Waals surface area contributed by atoms with Gasteiger partial charge in [0.2, 0.25) is 11.8 Å². The highest BCUT2D eigenvalue weighted by Crippen LogP contribution is 2.24. The quantitative estimate of drug-likeness (QED) is 0.690. The summed E-state index contributed by atoms with van der Waals surface area (Å²) in [5.41, 5.74) is 6.33. The van der Waals surface area contributed by atoms with Crippen LogP contribution in [0.25, 0.3) is 10.8 Å². The molecule has 0 spiro atoms. The number of hydrogen-bond acceptors (Lipinski definition) is 3. The van der Waals surface area contributed by atoms with E-state index in [2.05, 4.69) is 5.32 Å². The van der Waals surface area contributed by atoms with Gasteiger partial charge in [0.15, 0.2) is 0 Å². The van der Waals surface area contributed by atoms with Crippen LogP contribution in [0.2, 0.25) is 5.02 Å². The summed E-state index contributed by atoms with van der Waals surface area (Å²) in [6, 6.07) is 13.1. The van der Waals surface area contributed by atoms with E-state index in [9.17, 15) is 14.4 Å². The van der Waals surface area contributed by atoms with Crippen molar-refractivity contribution < 1.29 is 9.59 Å². The minimum Gasteiger partial charge on any atom is -0.368 e. The van der Waals surface area contributed by atoms with Crippen LogP contribution in [0.4, 0.5) is 5.69 Å². The molecule has 1 aromatic heterocycles. The lowest BCUT2D eigenvalue weighted by molar-refractivity contribution is -0.120. The van der Waals surface area contributed by atoms with E-state index in [4.69, 9.17) is 17.3 Å². The van der Waals surface area contributed by atoms with E-state index in [1.807, 2.05) is 0 Å². The van der Waals surface area contributed by atoms with Crippen molar-refractivity contribution in [2.24, 2.45) is 5.73 Å². The number of pyridine rings is 1. The minimum absolute atomic E-state index is 0.204. The second kappa shape index (κ2) is 7.86. The van der Waals surface area contributed by atoms with Crippen LogP contribution >= 0.6 is 11.6 Å². The number of carbonyl (C=O) groups is 2. The summed E-state index contributed by atoms with van der Waals surface area (Å²) in [5.74, 6) is -1.20. The van der Waals surface area contributed by atoms with E-state index in [0.717, 1.165) is 5.56 Å². The Kier molecular flexibility index (Phi) is 5.51. The molecule has 6 nitrogen and oxygen atoms in total. The largest absolute Gasteiger partial charge is 0.368 e. The Morgan fingerprint density at radius 3 is 2.36 bits per heavy atom. The fraction of sp³-hybridized carbons (Fsp3) is 0.190. The third kappa shape index (κ3) is 3.77. The average molecular weight is 398 g/mol. The van der Waals surface area contributed by atoms with E-state index in [-0.39, 0.29) is 11.5 Å². The Hall–Kier alpha value is -3.12. The molecule has 0 fully saturated rings. The number of nitrogens with one attached hydrogen (secondary N) is 1. The second-order valence-electron chi connectivity index (χ2n) is 6.64. The van der Waals surface area contributed by atoms with Crippen LogP contribution in [0.15, 0.2) is 59.5 Å². The molecule has 3 aromatic rings. The third-order valence-electron chi connectivity index (χ3n) is 4.82. The van der Waals surface area contributed by atoms with Crippen LogP contribution in [0.1, 0.15) is 31.4 Å². The summed E-state index contributed by atoms with van der Waals surface area (Å²) in [6.07, 6.45) is 1.51. The van der Waals surface area contributed by atoms with Crippen molar-refractivity contribution in [2.45, 2.75) is 25.8 Å². The van der Waals surface area contributed by atoms with Gasteiger partial charge in [-0.2, -0.15) is 0 Å². The first kappa shape index (κ1) is 19.6. The van der Waals surface area contributed by atoms with Crippen LogP contribution in [0.3, 0.4) is 0 Å². The standard InChI is InChI=1S/C21H20ClN3O3/c1-12(14-6-8-15(22)9-7-14)20(27)24-18-5-3-4-17-16(18)10-11-25(21(17)28)13(2)19(23)26/h3-13H,1-2H3,(H2,23,26)(H,24,27)/t12?,13-/m1/s1. The van der Waals surface area contributed by atoms with Gasteiger partial charge in [0.1, 0.15) is 6.04 Å². The van der Waals surface area contributed by atoms with Crippen molar-refractivity contribution in [1.82, 2.24) is 4.57 Å². The van der Waals surface area contributed by atoms with Crippen LogP contribution < -0.4 is 16.6 Å². The molecule has 0 bridgehead atoms. The number of nitrogens with zero attached hydrogens (tertiary/aromatic N) is 1. The van der Waals surface area contributed by atoms with E-state index in [1.165, 1.54) is 10.8 Å². The first-order valence-electron chi connectivity index (χ1n) is 8.79. The van der Waals surface area contributed by atoms with Crippen molar-refractivity contribution in [3.8, 4) is 0 Å². The van der Waals surface area contributed by atoms with Crippen molar-refractivity contribution in [1.29, 1.82) is 0 Å². The molecule has 0 aliphatic rings. The van der Waals surface area contributed by atoms with Crippen LogP contribution in [-0.4, -0.2) is 16.4 Å².